The van der Waals surface area contributed by atoms with Gasteiger partial charge in [-0.2, -0.15) is 18.2 Å². The predicted molar refractivity (Wildman–Crippen MR) is 72.6 cm³/mol. The van der Waals surface area contributed by atoms with Crippen LogP contribution in [0.2, 0.25) is 0 Å². The number of nitrogens with one attached hydrogen (secondary N) is 1. The van der Waals surface area contributed by atoms with Crippen LogP contribution >= 0.6 is 0 Å². The van der Waals surface area contributed by atoms with Gasteiger partial charge >= 0.3 is 6.18 Å². The van der Waals surface area contributed by atoms with E-state index in [1.807, 2.05) is 0 Å². The number of rotatable bonds is 5. The predicted octanol–water partition coefficient (Wildman–Crippen LogP) is 2.52. The van der Waals surface area contributed by atoms with Crippen LogP contribution in [-0.4, -0.2) is 23.1 Å². The van der Waals surface area contributed by atoms with Gasteiger partial charge in [0.2, 0.25) is 5.91 Å². The molecular formula is C14H14F3N3O3. The number of amides is 1. The Morgan fingerprint density at radius 3 is 2.57 bits per heavy atom. The van der Waals surface area contributed by atoms with E-state index in [2.05, 4.69) is 15.5 Å². The van der Waals surface area contributed by atoms with Gasteiger partial charge in [-0.15, -0.1) is 0 Å². The van der Waals surface area contributed by atoms with Crippen LogP contribution in [-0.2, 0) is 17.4 Å². The molecule has 0 aliphatic rings. The fraction of sp³-hybridized carbons (Fsp3) is 0.357. The molecule has 0 saturated carbocycles. The summed E-state index contributed by atoms with van der Waals surface area (Å²) in [7, 11) is 1.49. The molecule has 0 saturated heterocycles. The smallest absolute Gasteiger partial charge is 0.416 e. The van der Waals surface area contributed by atoms with Gasteiger partial charge in [0.05, 0.1) is 12.0 Å². The Balaban J connectivity index is 2.01. The molecule has 0 aliphatic carbocycles. The number of carbonyl (C=O) groups excluding carboxylic acids is 1. The summed E-state index contributed by atoms with van der Waals surface area (Å²) >= 11 is 0. The van der Waals surface area contributed by atoms with Crippen molar-refractivity contribution in [2.45, 2.75) is 25.6 Å². The zero-order valence-electron chi connectivity index (χ0n) is 12.3. The van der Waals surface area contributed by atoms with Crippen molar-refractivity contribution in [1.29, 1.82) is 0 Å². The Bertz CT molecular complexity index is 668. The molecule has 0 spiro atoms. The van der Waals surface area contributed by atoms with E-state index in [4.69, 9.17) is 9.26 Å². The van der Waals surface area contributed by atoms with Gasteiger partial charge in [-0.05, 0) is 31.2 Å². The minimum absolute atomic E-state index is 0.0347. The third-order valence-electron chi connectivity index (χ3n) is 2.92. The van der Waals surface area contributed by atoms with Gasteiger partial charge in [0.25, 0.3) is 5.89 Å². The molecule has 6 nitrogen and oxygen atoms in total. The second-order valence-corrected chi connectivity index (χ2v) is 4.68. The Kier molecular flexibility index (Phi) is 4.87. The van der Waals surface area contributed by atoms with E-state index in [9.17, 15) is 18.0 Å². The molecule has 1 heterocycles. The molecule has 1 atom stereocenters. The summed E-state index contributed by atoms with van der Waals surface area (Å²) in [6.45, 7) is 1.61. The van der Waals surface area contributed by atoms with Crippen molar-refractivity contribution in [3.63, 3.8) is 0 Å². The van der Waals surface area contributed by atoms with Gasteiger partial charge in [-0.25, -0.2) is 0 Å². The van der Waals surface area contributed by atoms with Gasteiger partial charge in [0, 0.05) is 7.05 Å². The van der Waals surface area contributed by atoms with Crippen molar-refractivity contribution >= 4 is 5.91 Å². The lowest BCUT2D eigenvalue weighted by atomic mass is 10.2. The lowest BCUT2D eigenvalue weighted by Crippen LogP contribution is -2.20. The quantitative estimate of drug-likeness (QED) is 0.912. The summed E-state index contributed by atoms with van der Waals surface area (Å²) in [6.07, 6.45) is -5.10. The largest absolute Gasteiger partial charge is 0.481 e. The van der Waals surface area contributed by atoms with Crippen LogP contribution in [0, 0.1) is 0 Å². The molecule has 0 radical (unpaired) electrons. The van der Waals surface area contributed by atoms with Gasteiger partial charge < -0.3 is 14.6 Å². The Morgan fingerprint density at radius 1 is 1.35 bits per heavy atom. The topological polar surface area (TPSA) is 77.2 Å². The zero-order valence-corrected chi connectivity index (χ0v) is 12.3. The van der Waals surface area contributed by atoms with E-state index < -0.39 is 17.8 Å². The zero-order chi connectivity index (χ0) is 17.0. The average Bonchev–Trinajstić information content (AvgIpc) is 2.95. The van der Waals surface area contributed by atoms with Gasteiger partial charge in [-0.3, -0.25) is 4.79 Å². The van der Waals surface area contributed by atoms with E-state index in [0.717, 1.165) is 12.1 Å². The van der Waals surface area contributed by atoms with E-state index in [-0.39, 0.29) is 29.8 Å². The summed E-state index contributed by atoms with van der Waals surface area (Å²) in [5.74, 6) is 0.288. The summed E-state index contributed by atoms with van der Waals surface area (Å²) in [4.78, 5) is 15.2. The molecule has 0 bridgehead atoms. The fourth-order valence-electron chi connectivity index (χ4n) is 1.71. The van der Waals surface area contributed by atoms with E-state index in [0.29, 0.717) is 0 Å². The van der Waals surface area contributed by atoms with E-state index in [1.54, 1.807) is 6.92 Å². The molecule has 1 N–H and O–H groups in total. The third kappa shape index (κ3) is 4.44. The number of ether oxygens (including phenoxy) is 1. The van der Waals surface area contributed by atoms with Crippen molar-refractivity contribution in [3.05, 3.63) is 41.5 Å². The number of alkyl halides is 3. The molecule has 124 valence electrons. The average molecular weight is 329 g/mol. The van der Waals surface area contributed by atoms with Crippen LogP contribution in [0.1, 0.15) is 30.3 Å². The number of halogens is 3. The van der Waals surface area contributed by atoms with Crippen molar-refractivity contribution < 1.29 is 27.2 Å². The maximum absolute atomic E-state index is 12.5. The summed E-state index contributed by atoms with van der Waals surface area (Å²) in [5, 5.41) is 6.06. The van der Waals surface area contributed by atoms with Crippen LogP contribution in [0.4, 0.5) is 13.2 Å². The molecular weight excluding hydrogens is 315 g/mol. The first-order valence-electron chi connectivity index (χ1n) is 6.66. The van der Waals surface area contributed by atoms with Crippen LogP contribution in [0.5, 0.6) is 5.75 Å². The molecule has 1 amide bonds. The number of benzene rings is 1. The Hall–Kier alpha value is -2.58. The minimum Gasteiger partial charge on any atom is -0.481 e. The number of hydrogen-bond donors (Lipinski definition) is 1. The van der Waals surface area contributed by atoms with E-state index in [1.165, 1.54) is 19.2 Å². The highest BCUT2D eigenvalue weighted by atomic mass is 19.4. The molecule has 0 aliphatic heterocycles. The number of nitrogens with zero attached hydrogens (tertiary/aromatic N) is 2. The Morgan fingerprint density at radius 2 is 2.00 bits per heavy atom. The minimum atomic E-state index is -4.40. The van der Waals surface area contributed by atoms with Crippen LogP contribution < -0.4 is 10.1 Å². The molecule has 0 fully saturated rings. The Labute approximate surface area is 129 Å². The third-order valence-corrected chi connectivity index (χ3v) is 2.92. The molecule has 2 aromatic rings. The number of aromatic nitrogens is 2. The summed E-state index contributed by atoms with van der Waals surface area (Å²) < 4.78 is 47.9. The molecule has 9 heteroatoms. The SMILES string of the molecule is CNC(=O)Cc1noc([C@H](C)Oc2ccc(C(F)(F)F)cc2)n1. The number of likely N-dealkylation sites (N-methyl/N-ethyl adjacent to an activating group) is 1. The van der Waals surface area contributed by atoms with Crippen LogP contribution in [0.25, 0.3) is 0 Å². The van der Waals surface area contributed by atoms with Crippen molar-refractivity contribution in [2.24, 2.45) is 0 Å². The number of hydrogen-bond acceptors (Lipinski definition) is 5. The van der Waals surface area contributed by atoms with Gasteiger partial charge in [-0.1, -0.05) is 5.16 Å². The first-order valence-corrected chi connectivity index (χ1v) is 6.66. The number of carbonyl (C=O) groups is 1. The summed E-state index contributed by atoms with van der Waals surface area (Å²) in [6, 6.07) is 4.27. The summed E-state index contributed by atoms with van der Waals surface area (Å²) in [5.41, 5.74) is -0.761. The first-order chi connectivity index (χ1) is 10.8. The normalized spacial score (nSPS) is 12.7. The van der Waals surface area contributed by atoms with Crippen LogP contribution in [0.3, 0.4) is 0 Å². The maximum atomic E-state index is 12.5. The highest BCUT2D eigenvalue weighted by Crippen LogP contribution is 2.31. The molecule has 2 rings (SSSR count). The highest BCUT2D eigenvalue weighted by Gasteiger charge is 2.30. The first kappa shape index (κ1) is 16.8. The standard InChI is InChI=1S/C14H14F3N3O3/c1-8(13-19-11(20-23-13)7-12(21)18-2)22-10-5-3-9(4-6-10)14(15,16)17/h3-6,8H,7H2,1-2H3,(H,18,21)/t8-/m0/s1. The second kappa shape index (κ2) is 6.67. The molecule has 0 unspecified atom stereocenters. The van der Waals surface area contributed by atoms with Crippen LogP contribution in [0.15, 0.2) is 28.8 Å². The second-order valence-electron chi connectivity index (χ2n) is 4.68. The fourth-order valence-corrected chi connectivity index (χ4v) is 1.71. The molecule has 1 aromatic carbocycles. The molecule has 1 aromatic heterocycles. The lowest BCUT2D eigenvalue weighted by molar-refractivity contribution is -0.137. The van der Waals surface area contributed by atoms with E-state index >= 15 is 0 Å². The lowest BCUT2D eigenvalue weighted by Gasteiger charge is -2.12. The maximum Gasteiger partial charge on any atom is 0.416 e. The van der Waals surface area contributed by atoms with Crippen molar-refractivity contribution in [1.82, 2.24) is 15.5 Å². The van der Waals surface area contributed by atoms with Crippen molar-refractivity contribution in [2.75, 3.05) is 7.05 Å². The van der Waals surface area contributed by atoms with Gasteiger partial charge in [0.1, 0.15) is 5.75 Å². The molecule has 23 heavy (non-hydrogen) atoms. The van der Waals surface area contributed by atoms with Crippen molar-refractivity contribution in [3.8, 4) is 5.75 Å². The monoisotopic (exact) mass is 329 g/mol. The highest BCUT2D eigenvalue weighted by molar-refractivity contribution is 5.77. The van der Waals surface area contributed by atoms with Gasteiger partial charge in [0.15, 0.2) is 11.9 Å².